The fourth-order valence-electron chi connectivity index (χ4n) is 3.82. The monoisotopic (exact) mass is 573 g/mol. The maximum absolute atomic E-state index is 13.5. The number of benzene rings is 2. The number of amides is 1. The number of carbonyl (C=O) groups is 2. The van der Waals surface area contributed by atoms with E-state index in [9.17, 15) is 26.4 Å². The van der Waals surface area contributed by atoms with Gasteiger partial charge in [0.1, 0.15) is 5.75 Å². The molecule has 0 aromatic heterocycles. The van der Waals surface area contributed by atoms with Crippen molar-refractivity contribution in [3.8, 4) is 5.75 Å². The lowest BCUT2D eigenvalue weighted by molar-refractivity contribution is -0.192. The summed E-state index contributed by atoms with van der Waals surface area (Å²) in [5, 5.41) is 10.4. The highest BCUT2D eigenvalue weighted by molar-refractivity contribution is 7.89. The highest BCUT2D eigenvalue weighted by Gasteiger charge is 2.38. The van der Waals surface area contributed by atoms with Gasteiger partial charge in [0.15, 0.2) is 0 Å². The zero-order valence-corrected chi connectivity index (χ0v) is 22.7. The van der Waals surface area contributed by atoms with Crippen LogP contribution in [-0.2, 0) is 19.6 Å². The molecule has 9 nitrogen and oxygen atoms in total. The van der Waals surface area contributed by atoms with Crippen LogP contribution in [0.25, 0.3) is 0 Å². The van der Waals surface area contributed by atoms with Gasteiger partial charge in [-0.3, -0.25) is 4.79 Å². The Bertz CT molecular complexity index is 1160. The minimum Gasteiger partial charge on any atom is -0.494 e. The second kappa shape index (κ2) is 14.8. The van der Waals surface area contributed by atoms with Crippen molar-refractivity contribution in [1.29, 1.82) is 0 Å². The Balaban J connectivity index is 0.000000673. The molecule has 216 valence electrons. The van der Waals surface area contributed by atoms with Gasteiger partial charge in [0, 0.05) is 45.7 Å². The van der Waals surface area contributed by atoms with Crippen LogP contribution in [0.3, 0.4) is 0 Å². The van der Waals surface area contributed by atoms with Gasteiger partial charge in [0.2, 0.25) is 15.9 Å². The van der Waals surface area contributed by atoms with E-state index in [-0.39, 0.29) is 29.7 Å². The molecule has 1 amide bonds. The van der Waals surface area contributed by atoms with Crippen molar-refractivity contribution < 1.29 is 41.0 Å². The van der Waals surface area contributed by atoms with Gasteiger partial charge in [-0.25, -0.2) is 13.2 Å². The largest absolute Gasteiger partial charge is 0.494 e. The third-order valence-electron chi connectivity index (χ3n) is 5.91. The summed E-state index contributed by atoms with van der Waals surface area (Å²) >= 11 is 0. The highest BCUT2D eigenvalue weighted by atomic mass is 32.2. The van der Waals surface area contributed by atoms with Gasteiger partial charge in [0.05, 0.1) is 11.5 Å². The first kappa shape index (κ1) is 32.1. The maximum Gasteiger partial charge on any atom is 0.490 e. The predicted molar refractivity (Wildman–Crippen MR) is 139 cm³/mol. The third-order valence-corrected chi connectivity index (χ3v) is 7.79. The Morgan fingerprint density at radius 2 is 1.64 bits per heavy atom. The number of halogens is 3. The van der Waals surface area contributed by atoms with Gasteiger partial charge in [0.25, 0.3) is 0 Å². The predicted octanol–water partition coefficient (Wildman–Crippen LogP) is 3.33. The Morgan fingerprint density at radius 1 is 1.08 bits per heavy atom. The number of carboxylic acids is 1. The standard InChI is InChI=1S/C24H33N3O4S.C2HF3O2/c1-3-31-22-9-11-23(12-10-22)32(29,30)27(19-20(2)21-7-5-4-6-8-21)16-13-24(28)26-17-14-25-15-18-26;3-2(4,5)1(6)7/h4-12,20,25H,3,13-19H2,1-2H3;(H,6,7). The molecule has 2 aromatic rings. The number of hydrogen-bond acceptors (Lipinski definition) is 6. The molecule has 0 spiro atoms. The van der Waals surface area contributed by atoms with E-state index < -0.39 is 22.2 Å². The SMILES string of the molecule is CCOc1ccc(S(=O)(=O)N(CCC(=O)N2CCNCC2)CC(C)c2ccccc2)cc1.O=C(O)C(F)(F)F. The number of alkyl halides is 3. The Labute approximate surface area is 226 Å². The first-order valence-corrected chi connectivity index (χ1v) is 13.9. The number of sulfonamides is 1. The summed E-state index contributed by atoms with van der Waals surface area (Å²) in [5.74, 6) is -2.15. The van der Waals surface area contributed by atoms with Crippen LogP contribution in [0, 0.1) is 0 Å². The van der Waals surface area contributed by atoms with Gasteiger partial charge < -0.3 is 20.1 Å². The quantitative estimate of drug-likeness (QED) is 0.448. The number of ether oxygens (including phenoxy) is 1. The molecule has 0 aliphatic carbocycles. The van der Waals surface area contributed by atoms with Crippen LogP contribution < -0.4 is 10.1 Å². The summed E-state index contributed by atoms with van der Waals surface area (Å²) in [5.41, 5.74) is 1.06. The molecule has 0 saturated carbocycles. The molecule has 0 radical (unpaired) electrons. The number of carboxylic acid groups (broad SMARTS) is 1. The smallest absolute Gasteiger partial charge is 0.490 e. The van der Waals surface area contributed by atoms with Crippen LogP contribution in [0.15, 0.2) is 59.5 Å². The van der Waals surface area contributed by atoms with Gasteiger partial charge in [-0.05, 0) is 42.7 Å². The van der Waals surface area contributed by atoms with Gasteiger partial charge in [-0.2, -0.15) is 17.5 Å². The van der Waals surface area contributed by atoms with Crippen molar-refractivity contribution in [3.05, 3.63) is 60.2 Å². The van der Waals surface area contributed by atoms with Crippen LogP contribution in [0.2, 0.25) is 0 Å². The van der Waals surface area contributed by atoms with Crippen molar-refractivity contribution in [2.45, 2.75) is 37.3 Å². The van der Waals surface area contributed by atoms with Gasteiger partial charge in [-0.1, -0.05) is 37.3 Å². The molecule has 0 bridgehead atoms. The number of rotatable bonds is 10. The fraction of sp³-hybridized carbons (Fsp3) is 0.462. The lowest BCUT2D eigenvalue weighted by Gasteiger charge is -2.29. The fourth-order valence-corrected chi connectivity index (χ4v) is 5.35. The van der Waals surface area contributed by atoms with E-state index in [0.29, 0.717) is 32.0 Å². The van der Waals surface area contributed by atoms with Crippen LogP contribution in [0.1, 0.15) is 31.7 Å². The molecule has 1 unspecified atom stereocenters. The summed E-state index contributed by atoms with van der Waals surface area (Å²) in [7, 11) is -3.77. The minimum absolute atomic E-state index is 0.00856. The molecular weight excluding hydrogens is 539 g/mol. The average molecular weight is 574 g/mol. The molecule has 3 rings (SSSR count). The maximum atomic E-state index is 13.5. The molecule has 2 aromatic carbocycles. The molecule has 1 saturated heterocycles. The number of aliphatic carboxylic acids is 1. The summed E-state index contributed by atoms with van der Waals surface area (Å²) < 4.78 is 65.6. The summed E-state index contributed by atoms with van der Waals surface area (Å²) in [6.45, 7) is 7.71. The first-order chi connectivity index (χ1) is 18.4. The molecule has 13 heteroatoms. The number of nitrogens with one attached hydrogen (secondary N) is 1. The van der Waals surface area contributed by atoms with E-state index in [0.717, 1.165) is 18.7 Å². The lowest BCUT2D eigenvalue weighted by Crippen LogP contribution is -2.47. The molecule has 1 aliphatic heterocycles. The zero-order valence-electron chi connectivity index (χ0n) is 21.9. The zero-order chi connectivity index (χ0) is 29.1. The van der Waals surface area contributed by atoms with Gasteiger partial charge >= 0.3 is 12.1 Å². The van der Waals surface area contributed by atoms with E-state index in [1.54, 1.807) is 29.2 Å². The molecule has 2 N–H and O–H groups in total. The van der Waals surface area contributed by atoms with Crippen molar-refractivity contribution in [2.24, 2.45) is 0 Å². The summed E-state index contributed by atoms with van der Waals surface area (Å²) in [6.07, 6.45) is -4.92. The summed E-state index contributed by atoms with van der Waals surface area (Å²) in [6, 6.07) is 16.3. The van der Waals surface area contributed by atoms with Crippen molar-refractivity contribution in [1.82, 2.24) is 14.5 Å². The average Bonchev–Trinajstić information content (AvgIpc) is 2.92. The molecule has 1 aliphatic rings. The lowest BCUT2D eigenvalue weighted by atomic mass is 10.0. The summed E-state index contributed by atoms with van der Waals surface area (Å²) in [4.78, 5) is 23.6. The van der Waals surface area contributed by atoms with E-state index in [1.165, 1.54) is 4.31 Å². The molecule has 1 atom stereocenters. The van der Waals surface area contributed by atoms with E-state index in [1.807, 2.05) is 44.2 Å². The van der Waals surface area contributed by atoms with Crippen LogP contribution in [0.4, 0.5) is 13.2 Å². The molecule has 39 heavy (non-hydrogen) atoms. The Kier molecular flexibility index (Phi) is 12.2. The number of hydrogen-bond donors (Lipinski definition) is 2. The van der Waals surface area contributed by atoms with E-state index in [4.69, 9.17) is 14.6 Å². The molecule has 1 fully saturated rings. The third kappa shape index (κ3) is 10.2. The van der Waals surface area contributed by atoms with E-state index >= 15 is 0 Å². The topological polar surface area (TPSA) is 116 Å². The normalized spacial score (nSPS) is 14.8. The molecule has 1 heterocycles. The second-order valence-corrected chi connectivity index (χ2v) is 10.7. The van der Waals surface area contributed by atoms with Crippen LogP contribution in [0.5, 0.6) is 5.75 Å². The Morgan fingerprint density at radius 3 is 2.15 bits per heavy atom. The highest BCUT2D eigenvalue weighted by Crippen LogP contribution is 2.24. The number of nitrogens with zero attached hydrogens (tertiary/aromatic N) is 2. The van der Waals surface area contributed by atoms with Crippen molar-refractivity contribution >= 4 is 21.9 Å². The minimum atomic E-state index is -5.08. The van der Waals surface area contributed by atoms with Crippen molar-refractivity contribution in [2.75, 3.05) is 45.9 Å². The van der Waals surface area contributed by atoms with E-state index in [2.05, 4.69) is 5.32 Å². The number of piperazine rings is 1. The van der Waals surface area contributed by atoms with Gasteiger partial charge in [-0.15, -0.1) is 0 Å². The van der Waals surface area contributed by atoms with Crippen LogP contribution >= 0.6 is 0 Å². The second-order valence-electron chi connectivity index (χ2n) is 8.76. The van der Waals surface area contributed by atoms with Crippen LogP contribution in [-0.4, -0.2) is 86.7 Å². The Hall–Kier alpha value is -3.16. The molecular formula is C26H34F3N3O6S. The van der Waals surface area contributed by atoms with Crippen molar-refractivity contribution in [3.63, 3.8) is 0 Å². The first-order valence-electron chi connectivity index (χ1n) is 12.4. The number of carbonyl (C=O) groups excluding carboxylic acids is 1.